The van der Waals surface area contributed by atoms with E-state index in [0.717, 1.165) is 0 Å². The topological polar surface area (TPSA) is 82.1 Å². The lowest BCUT2D eigenvalue weighted by molar-refractivity contribution is -0.271. The maximum absolute atomic E-state index is 11.6. The van der Waals surface area contributed by atoms with Gasteiger partial charge in [-0.1, -0.05) is 0 Å². The van der Waals surface area contributed by atoms with Crippen LogP contribution in [0.3, 0.4) is 0 Å². The van der Waals surface area contributed by atoms with Gasteiger partial charge in [0.2, 0.25) is 17.4 Å². The summed E-state index contributed by atoms with van der Waals surface area (Å²) in [4.78, 5) is 23.1. The first kappa shape index (κ1) is 13.6. The van der Waals surface area contributed by atoms with Crippen molar-refractivity contribution >= 4 is 11.6 Å². The second kappa shape index (κ2) is 3.39. The number of aliphatic hydroxyl groups is 1. The smallest absolute Gasteiger partial charge is 0.231 e. The van der Waals surface area contributed by atoms with Crippen LogP contribution in [0.5, 0.6) is 0 Å². The van der Waals surface area contributed by atoms with E-state index in [0.29, 0.717) is 0 Å². The van der Waals surface area contributed by atoms with Crippen molar-refractivity contribution in [3.8, 4) is 0 Å². The lowest BCUT2D eigenvalue weighted by atomic mass is 9.94. The molecule has 6 heteroatoms. The quantitative estimate of drug-likeness (QED) is 0.777. The molecular formula is C12H18O6. The molecule has 0 aromatic carbocycles. The molecule has 18 heavy (non-hydrogen) atoms. The Morgan fingerprint density at radius 3 is 1.94 bits per heavy atom. The van der Waals surface area contributed by atoms with Crippen LogP contribution in [0.25, 0.3) is 0 Å². The van der Waals surface area contributed by atoms with E-state index in [1.165, 1.54) is 27.7 Å². The molecule has 2 saturated heterocycles. The van der Waals surface area contributed by atoms with Crippen LogP contribution in [-0.4, -0.2) is 39.6 Å². The van der Waals surface area contributed by atoms with Crippen LogP contribution in [0.15, 0.2) is 0 Å². The summed E-state index contributed by atoms with van der Waals surface area (Å²) >= 11 is 0. The molecule has 0 bridgehead atoms. The van der Waals surface area contributed by atoms with Gasteiger partial charge in [-0.3, -0.25) is 9.59 Å². The molecule has 102 valence electrons. The molecule has 2 aliphatic heterocycles. The number of fused-ring (bicyclic) bond motifs is 1. The van der Waals surface area contributed by atoms with E-state index >= 15 is 0 Å². The minimum absolute atomic E-state index is 0.0747. The first-order valence-corrected chi connectivity index (χ1v) is 5.81. The van der Waals surface area contributed by atoms with Crippen LogP contribution in [0.2, 0.25) is 0 Å². The van der Waals surface area contributed by atoms with Gasteiger partial charge in [0, 0.05) is 13.3 Å². The van der Waals surface area contributed by atoms with E-state index in [1.807, 2.05) is 0 Å². The van der Waals surface area contributed by atoms with E-state index in [2.05, 4.69) is 0 Å². The third-order valence-electron chi connectivity index (χ3n) is 3.84. The monoisotopic (exact) mass is 258 g/mol. The Balaban J connectivity index is 2.37. The van der Waals surface area contributed by atoms with E-state index in [4.69, 9.17) is 14.2 Å². The van der Waals surface area contributed by atoms with Crippen LogP contribution >= 0.6 is 0 Å². The number of carbonyl (C=O) groups is 2. The zero-order valence-electron chi connectivity index (χ0n) is 11.2. The van der Waals surface area contributed by atoms with E-state index in [-0.39, 0.29) is 18.0 Å². The van der Waals surface area contributed by atoms with E-state index < -0.39 is 23.0 Å². The first-order chi connectivity index (χ1) is 7.97. The van der Waals surface area contributed by atoms with Gasteiger partial charge in [-0.25, -0.2) is 0 Å². The van der Waals surface area contributed by atoms with E-state index in [1.54, 1.807) is 6.92 Å². The van der Waals surface area contributed by atoms with Crippen molar-refractivity contribution in [1.82, 2.24) is 0 Å². The summed E-state index contributed by atoms with van der Waals surface area (Å²) < 4.78 is 16.4. The molecule has 2 heterocycles. The number of carbonyl (C=O) groups excluding carboxylic acids is 2. The molecule has 0 aromatic heterocycles. The van der Waals surface area contributed by atoms with Crippen molar-refractivity contribution in [2.75, 3.05) is 0 Å². The average Bonchev–Trinajstić information content (AvgIpc) is 2.43. The average molecular weight is 258 g/mol. The number of ketones is 2. The van der Waals surface area contributed by atoms with Crippen LogP contribution < -0.4 is 0 Å². The molecular weight excluding hydrogens is 240 g/mol. The van der Waals surface area contributed by atoms with Gasteiger partial charge in [-0.05, 0) is 27.7 Å². The van der Waals surface area contributed by atoms with Gasteiger partial charge in [0.1, 0.15) is 5.60 Å². The summed E-state index contributed by atoms with van der Waals surface area (Å²) in [6.07, 6.45) is -0.0747. The summed E-state index contributed by atoms with van der Waals surface area (Å²) in [5, 5.41) is 10.5. The molecule has 0 aromatic rings. The molecule has 0 amide bonds. The predicted molar refractivity (Wildman–Crippen MR) is 59.4 cm³/mol. The molecule has 0 spiro atoms. The van der Waals surface area contributed by atoms with Crippen molar-refractivity contribution in [2.24, 2.45) is 0 Å². The van der Waals surface area contributed by atoms with Crippen LogP contribution in [0.4, 0.5) is 0 Å². The highest BCUT2D eigenvalue weighted by Gasteiger charge is 2.73. The SMILES string of the molecule is CC(=O)[C@]1(C)O[C@@]2(C)O[C@](C)(C(C)=O)C[C@]2(O)O1. The molecule has 0 aliphatic carbocycles. The van der Waals surface area contributed by atoms with Gasteiger partial charge in [0.05, 0.1) is 0 Å². The normalized spacial score (nSPS) is 51.2. The van der Waals surface area contributed by atoms with Gasteiger partial charge in [0.15, 0.2) is 11.6 Å². The molecule has 4 atom stereocenters. The zero-order chi connectivity index (χ0) is 14.0. The van der Waals surface area contributed by atoms with Crippen LogP contribution in [0.1, 0.15) is 41.0 Å². The lowest BCUT2D eigenvalue weighted by Crippen LogP contribution is -2.45. The number of hydrogen-bond donors (Lipinski definition) is 1. The molecule has 0 radical (unpaired) electrons. The Labute approximate surface area is 105 Å². The molecule has 0 saturated carbocycles. The lowest BCUT2D eigenvalue weighted by Gasteiger charge is -2.29. The maximum Gasteiger partial charge on any atom is 0.231 e. The van der Waals surface area contributed by atoms with Crippen molar-refractivity contribution in [2.45, 2.75) is 64.0 Å². The minimum atomic E-state index is -1.81. The Kier molecular flexibility index (Phi) is 2.56. The Morgan fingerprint density at radius 1 is 1.00 bits per heavy atom. The molecule has 1 N–H and O–H groups in total. The zero-order valence-corrected chi connectivity index (χ0v) is 11.2. The van der Waals surface area contributed by atoms with Crippen molar-refractivity contribution in [3.05, 3.63) is 0 Å². The molecule has 2 aliphatic rings. The van der Waals surface area contributed by atoms with Gasteiger partial charge in [0.25, 0.3) is 0 Å². The minimum Gasteiger partial charge on any atom is -0.361 e. The first-order valence-electron chi connectivity index (χ1n) is 5.81. The predicted octanol–water partition coefficient (Wildman–Crippen LogP) is 0.511. The highest BCUT2D eigenvalue weighted by atomic mass is 16.9. The summed E-state index contributed by atoms with van der Waals surface area (Å²) in [7, 11) is 0. The molecule has 2 rings (SSSR count). The Bertz CT molecular complexity index is 374. The number of rotatable bonds is 2. The van der Waals surface area contributed by atoms with E-state index in [9.17, 15) is 14.7 Å². The number of hydrogen-bond acceptors (Lipinski definition) is 6. The highest BCUT2D eigenvalue weighted by molar-refractivity contribution is 5.86. The summed E-state index contributed by atoms with van der Waals surface area (Å²) in [6.45, 7) is 7.13. The largest absolute Gasteiger partial charge is 0.361 e. The summed E-state index contributed by atoms with van der Waals surface area (Å²) in [5.41, 5.74) is -1.18. The van der Waals surface area contributed by atoms with Crippen LogP contribution in [-0.2, 0) is 23.8 Å². The van der Waals surface area contributed by atoms with Crippen molar-refractivity contribution in [3.63, 3.8) is 0 Å². The van der Waals surface area contributed by atoms with Gasteiger partial charge < -0.3 is 19.3 Å². The second-order valence-electron chi connectivity index (χ2n) is 5.50. The fourth-order valence-electron chi connectivity index (χ4n) is 2.45. The maximum atomic E-state index is 11.6. The highest BCUT2D eigenvalue weighted by Crippen LogP contribution is 2.55. The number of Topliss-reactive ketones (excluding diaryl/α,β-unsaturated/α-hetero) is 2. The summed E-state index contributed by atoms with van der Waals surface area (Å²) in [5.74, 6) is -5.51. The molecule has 6 nitrogen and oxygen atoms in total. The Morgan fingerprint density at radius 2 is 1.56 bits per heavy atom. The van der Waals surface area contributed by atoms with Gasteiger partial charge in [-0.2, -0.15) is 0 Å². The fourth-order valence-corrected chi connectivity index (χ4v) is 2.45. The van der Waals surface area contributed by atoms with Crippen molar-refractivity contribution < 1.29 is 28.9 Å². The van der Waals surface area contributed by atoms with Gasteiger partial charge in [-0.15, -0.1) is 0 Å². The summed E-state index contributed by atoms with van der Waals surface area (Å²) in [6, 6.07) is 0. The number of ether oxygens (including phenoxy) is 3. The van der Waals surface area contributed by atoms with Gasteiger partial charge >= 0.3 is 0 Å². The molecule has 2 fully saturated rings. The molecule has 0 unspecified atom stereocenters. The second-order valence-corrected chi connectivity index (χ2v) is 5.50. The third-order valence-corrected chi connectivity index (χ3v) is 3.84. The standard InChI is InChI=1S/C12H18O6/c1-7(13)9(3)6-12(15)11(5,16-9)17-10(4,18-12)8(2)14/h15H,6H2,1-5H3/t9-,10+,11+,12-/m0/s1. The Hall–Kier alpha value is -0.820. The van der Waals surface area contributed by atoms with Crippen LogP contribution in [0, 0.1) is 0 Å². The fraction of sp³-hybridized carbons (Fsp3) is 0.833. The third kappa shape index (κ3) is 1.56. The van der Waals surface area contributed by atoms with Crippen molar-refractivity contribution in [1.29, 1.82) is 0 Å².